The van der Waals surface area contributed by atoms with Gasteiger partial charge in [-0.2, -0.15) is 0 Å². The lowest BCUT2D eigenvalue weighted by Crippen LogP contribution is -2.18. The highest BCUT2D eigenvalue weighted by atomic mass is 16.5. The molecule has 0 spiro atoms. The van der Waals surface area contributed by atoms with E-state index in [1.165, 1.54) is 13.2 Å². The maximum atomic E-state index is 11.4. The van der Waals surface area contributed by atoms with E-state index < -0.39 is 11.7 Å². The molecule has 0 saturated heterocycles. The van der Waals surface area contributed by atoms with E-state index in [2.05, 4.69) is 6.58 Å². The maximum absolute atomic E-state index is 11.4. The quantitative estimate of drug-likeness (QED) is 0.669. The Morgan fingerprint density at radius 3 is 2.75 bits per heavy atom. The third kappa shape index (κ3) is 2.83. The highest BCUT2D eigenvalue weighted by Crippen LogP contribution is 2.35. The average Bonchev–Trinajstić information content (AvgIpc) is 2.43. The molecule has 0 saturated carbocycles. The molecule has 5 heteroatoms. The second-order valence-electron chi connectivity index (χ2n) is 4.44. The number of hydrogen-bond acceptors (Lipinski definition) is 5. The van der Waals surface area contributed by atoms with E-state index in [-0.39, 0.29) is 6.61 Å². The van der Waals surface area contributed by atoms with Gasteiger partial charge in [-0.25, -0.2) is 4.79 Å². The SMILES string of the molecule is C=C(C)[C@H](O)COc1c(OC)ccc2ccc(=O)oc12. The average molecular weight is 276 g/mol. The van der Waals surface area contributed by atoms with E-state index in [0.717, 1.165) is 0 Å². The molecule has 0 aliphatic carbocycles. The second-order valence-corrected chi connectivity index (χ2v) is 4.44. The van der Waals surface area contributed by atoms with E-state index >= 15 is 0 Å². The summed E-state index contributed by atoms with van der Waals surface area (Å²) in [5.74, 6) is 0.726. The molecule has 0 radical (unpaired) electrons. The van der Waals surface area contributed by atoms with Crippen molar-refractivity contribution in [1.29, 1.82) is 0 Å². The van der Waals surface area contributed by atoms with Crippen molar-refractivity contribution in [2.75, 3.05) is 13.7 Å². The van der Waals surface area contributed by atoms with Gasteiger partial charge in [0.1, 0.15) is 12.7 Å². The van der Waals surface area contributed by atoms with Crippen LogP contribution in [-0.2, 0) is 0 Å². The minimum atomic E-state index is -0.801. The van der Waals surface area contributed by atoms with Gasteiger partial charge in [0, 0.05) is 11.5 Å². The normalized spacial score (nSPS) is 12.2. The minimum Gasteiger partial charge on any atom is -0.493 e. The van der Waals surface area contributed by atoms with Gasteiger partial charge >= 0.3 is 5.63 Å². The fourth-order valence-corrected chi connectivity index (χ4v) is 1.69. The first-order valence-electron chi connectivity index (χ1n) is 6.10. The van der Waals surface area contributed by atoms with Gasteiger partial charge in [0.2, 0.25) is 5.75 Å². The predicted molar refractivity (Wildman–Crippen MR) is 75.4 cm³/mol. The van der Waals surface area contributed by atoms with Crippen molar-refractivity contribution in [3.8, 4) is 11.5 Å². The smallest absolute Gasteiger partial charge is 0.336 e. The molecule has 0 fully saturated rings. The Labute approximate surface area is 116 Å². The molecule has 1 N–H and O–H groups in total. The Bertz CT molecular complexity index is 686. The molecule has 2 aromatic rings. The van der Waals surface area contributed by atoms with E-state index in [1.54, 1.807) is 25.1 Å². The summed E-state index contributed by atoms with van der Waals surface area (Å²) in [7, 11) is 1.49. The van der Waals surface area contributed by atoms with Crippen LogP contribution in [0.5, 0.6) is 11.5 Å². The van der Waals surface area contributed by atoms with Gasteiger partial charge in [0.25, 0.3) is 0 Å². The zero-order valence-electron chi connectivity index (χ0n) is 11.4. The van der Waals surface area contributed by atoms with Gasteiger partial charge in [0.15, 0.2) is 11.3 Å². The molecule has 0 amide bonds. The van der Waals surface area contributed by atoms with Crippen molar-refractivity contribution >= 4 is 11.0 Å². The van der Waals surface area contributed by atoms with Crippen LogP contribution in [0.25, 0.3) is 11.0 Å². The molecule has 0 unspecified atom stereocenters. The van der Waals surface area contributed by atoms with E-state index in [1.807, 2.05) is 0 Å². The van der Waals surface area contributed by atoms with Crippen LogP contribution in [-0.4, -0.2) is 24.9 Å². The number of hydrogen-bond donors (Lipinski definition) is 1. The second kappa shape index (κ2) is 5.79. The van der Waals surface area contributed by atoms with Crippen molar-refractivity contribution in [2.45, 2.75) is 13.0 Å². The summed E-state index contributed by atoms with van der Waals surface area (Å²) in [4.78, 5) is 11.4. The largest absolute Gasteiger partial charge is 0.493 e. The zero-order valence-corrected chi connectivity index (χ0v) is 11.4. The summed E-state index contributed by atoms with van der Waals surface area (Å²) in [5, 5.41) is 10.4. The molecule has 2 rings (SSSR count). The molecular formula is C15H16O5. The lowest BCUT2D eigenvalue weighted by molar-refractivity contribution is 0.133. The minimum absolute atomic E-state index is 0.00338. The molecule has 1 aromatic heterocycles. The Hall–Kier alpha value is -2.27. The highest BCUT2D eigenvalue weighted by Gasteiger charge is 2.15. The number of methoxy groups -OCH3 is 1. The van der Waals surface area contributed by atoms with E-state index in [4.69, 9.17) is 13.9 Å². The first kappa shape index (κ1) is 14.1. The van der Waals surface area contributed by atoms with Crippen LogP contribution in [0.2, 0.25) is 0 Å². The van der Waals surface area contributed by atoms with Gasteiger partial charge in [-0.05, 0) is 30.7 Å². The van der Waals surface area contributed by atoms with Gasteiger partial charge in [-0.15, -0.1) is 0 Å². The van der Waals surface area contributed by atoms with Crippen molar-refractivity contribution in [3.63, 3.8) is 0 Å². The van der Waals surface area contributed by atoms with Crippen molar-refractivity contribution in [3.05, 3.63) is 46.8 Å². The Balaban J connectivity index is 2.45. The summed E-state index contributed by atoms with van der Waals surface area (Å²) in [6.07, 6.45) is -0.801. The standard InChI is InChI=1S/C15H16O5/c1-9(2)11(16)8-19-15-12(18-3)6-4-10-5-7-13(17)20-14(10)15/h4-7,11,16H,1,8H2,2-3H3/t11-/m1/s1. The summed E-state index contributed by atoms with van der Waals surface area (Å²) in [6.45, 7) is 5.36. The Morgan fingerprint density at radius 1 is 1.40 bits per heavy atom. The molecule has 20 heavy (non-hydrogen) atoms. The van der Waals surface area contributed by atoms with Crippen LogP contribution in [0.15, 0.2) is 45.6 Å². The number of rotatable bonds is 5. The highest BCUT2D eigenvalue weighted by molar-refractivity contribution is 5.85. The third-order valence-electron chi connectivity index (χ3n) is 2.88. The molecule has 1 aromatic carbocycles. The summed E-state index contributed by atoms with van der Waals surface area (Å²) < 4.78 is 15.9. The van der Waals surface area contributed by atoms with Gasteiger partial charge in [-0.3, -0.25) is 0 Å². The zero-order chi connectivity index (χ0) is 14.7. The lowest BCUT2D eigenvalue weighted by atomic mass is 10.2. The van der Waals surface area contributed by atoms with Gasteiger partial charge in [-0.1, -0.05) is 6.58 Å². The lowest BCUT2D eigenvalue weighted by Gasteiger charge is -2.15. The number of benzene rings is 1. The Morgan fingerprint density at radius 2 is 2.10 bits per heavy atom. The van der Waals surface area contributed by atoms with Crippen LogP contribution < -0.4 is 15.1 Å². The van der Waals surface area contributed by atoms with Crippen LogP contribution in [0.3, 0.4) is 0 Å². The fourth-order valence-electron chi connectivity index (χ4n) is 1.69. The van der Waals surface area contributed by atoms with Crippen LogP contribution in [0.1, 0.15) is 6.92 Å². The van der Waals surface area contributed by atoms with Crippen LogP contribution >= 0.6 is 0 Å². The maximum Gasteiger partial charge on any atom is 0.336 e. The third-order valence-corrected chi connectivity index (χ3v) is 2.88. The molecule has 1 atom stereocenters. The number of aliphatic hydroxyl groups is 1. The summed E-state index contributed by atoms with van der Waals surface area (Å²) in [5.41, 5.74) is 0.410. The number of fused-ring (bicyclic) bond motifs is 1. The van der Waals surface area contributed by atoms with E-state index in [9.17, 15) is 9.90 Å². The molecule has 0 aliphatic heterocycles. The fraction of sp³-hybridized carbons (Fsp3) is 0.267. The van der Waals surface area contributed by atoms with Gasteiger partial charge in [0.05, 0.1) is 7.11 Å². The first-order chi connectivity index (χ1) is 9.52. The number of aliphatic hydroxyl groups excluding tert-OH is 1. The Kier molecular flexibility index (Phi) is 4.10. The molecule has 106 valence electrons. The van der Waals surface area contributed by atoms with Crippen molar-refractivity contribution < 1.29 is 19.0 Å². The molecule has 0 aliphatic rings. The summed E-state index contributed by atoms with van der Waals surface area (Å²) in [6, 6.07) is 6.45. The van der Waals surface area contributed by atoms with Crippen LogP contribution in [0, 0.1) is 0 Å². The van der Waals surface area contributed by atoms with Gasteiger partial charge < -0.3 is 19.0 Å². The molecule has 0 bridgehead atoms. The topological polar surface area (TPSA) is 68.9 Å². The summed E-state index contributed by atoms with van der Waals surface area (Å²) >= 11 is 0. The molecule has 5 nitrogen and oxygen atoms in total. The van der Waals surface area contributed by atoms with Crippen LogP contribution in [0.4, 0.5) is 0 Å². The predicted octanol–water partition coefficient (Wildman–Crippen LogP) is 2.12. The molecule has 1 heterocycles. The van der Waals surface area contributed by atoms with Crippen molar-refractivity contribution in [2.24, 2.45) is 0 Å². The van der Waals surface area contributed by atoms with E-state index in [0.29, 0.717) is 28.0 Å². The van der Waals surface area contributed by atoms with Crippen molar-refractivity contribution in [1.82, 2.24) is 0 Å². The molecular weight excluding hydrogens is 260 g/mol. The first-order valence-corrected chi connectivity index (χ1v) is 6.10. The monoisotopic (exact) mass is 276 g/mol. The number of ether oxygens (including phenoxy) is 2.